The van der Waals surface area contributed by atoms with E-state index in [4.69, 9.17) is 4.74 Å². The van der Waals surface area contributed by atoms with Crippen LogP contribution in [0.3, 0.4) is 0 Å². The molecule has 1 aliphatic heterocycles. The second-order valence-corrected chi connectivity index (χ2v) is 6.90. The summed E-state index contributed by atoms with van der Waals surface area (Å²) < 4.78 is 5.29. The number of methoxy groups -OCH3 is 1. The number of thiophene rings is 1. The van der Waals surface area contributed by atoms with Gasteiger partial charge >= 0.3 is 0 Å². The number of allylic oxidation sites excluding steroid dienone is 1. The molecule has 0 unspecified atom stereocenters. The Morgan fingerprint density at radius 1 is 1.30 bits per heavy atom. The zero-order chi connectivity index (χ0) is 16.1. The molecule has 5 heteroatoms. The molecule has 4 nitrogen and oxygen atoms in total. The number of likely N-dealkylation sites (tertiary alicyclic amines) is 1. The first-order valence-corrected chi connectivity index (χ1v) is 8.92. The standard InChI is InChI=1S/C18H23N3OS/c1-14-7-12-23-17(14)4-3-15-5-10-21(11-6-15)13-16-18(22-2)20-9-8-19-16/h3-4,7-9,12,15H,5-6,10-11,13H2,1-2H3. The van der Waals surface area contributed by atoms with Crippen LogP contribution >= 0.6 is 11.3 Å². The van der Waals surface area contributed by atoms with E-state index in [1.807, 2.05) is 11.3 Å². The van der Waals surface area contributed by atoms with Crippen LogP contribution in [0.25, 0.3) is 6.08 Å². The van der Waals surface area contributed by atoms with E-state index < -0.39 is 0 Å². The molecular weight excluding hydrogens is 306 g/mol. The SMILES string of the molecule is COc1nccnc1CN1CCC(C=Cc2sccc2C)CC1. The van der Waals surface area contributed by atoms with E-state index in [-0.39, 0.29) is 0 Å². The van der Waals surface area contributed by atoms with Crippen LogP contribution in [-0.4, -0.2) is 35.1 Å². The van der Waals surface area contributed by atoms with Gasteiger partial charge in [-0.1, -0.05) is 6.08 Å². The Balaban J connectivity index is 1.52. The molecule has 23 heavy (non-hydrogen) atoms. The Labute approximate surface area is 141 Å². The Hall–Kier alpha value is -1.72. The summed E-state index contributed by atoms with van der Waals surface area (Å²) >= 11 is 1.82. The fourth-order valence-corrected chi connectivity index (χ4v) is 3.76. The molecule has 1 saturated heterocycles. The van der Waals surface area contributed by atoms with Crippen LogP contribution in [0.4, 0.5) is 0 Å². The monoisotopic (exact) mass is 329 g/mol. The highest BCUT2D eigenvalue weighted by Gasteiger charge is 2.19. The van der Waals surface area contributed by atoms with Crippen molar-refractivity contribution in [2.24, 2.45) is 5.92 Å². The van der Waals surface area contributed by atoms with Gasteiger partial charge < -0.3 is 4.74 Å². The van der Waals surface area contributed by atoms with Crippen LogP contribution in [0.15, 0.2) is 29.9 Å². The smallest absolute Gasteiger partial charge is 0.236 e. The normalized spacial score (nSPS) is 17.0. The lowest BCUT2D eigenvalue weighted by Crippen LogP contribution is -2.33. The molecule has 2 aromatic heterocycles. The van der Waals surface area contributed by atoms with Gasteiger partial charge in [-0.2, -0.15) is 0 Å². The molecule has 0 spiro atoms. The molecule has 0 N–H and O–H groups in total. The number of nitrogens with zero attached hydrogens (tertiary/aromatic N) is 3. The lowest BCUT2D eigenvalue weighted by atomic mass is 9.96. The number of hydrogen-bond acceptors (Lipinski definition) is 5. The van der Waals surface area contributed by atoms with E-state index in [2.05, 4.69) is 45.4 Å². The lowest BCUT2D eigenvalue weighted by Gasteiger charge is -2.30. The molecule has 3 heterocycles. The molecule has 0 amide bonds. The zero-order valence-electron chi connectivity index (χ0n) is 13.7. The Morgan fingerprint density at radius 2 is 2.09 bits per heavy atom. The third-order valence-corrected chi connectivity index (χ3v) is 5.34. The van der Waals surface area contributed by atoms with Gasteiger partial charge in [0.1, 0.15) is 5.69 Å². The maximum absolute atomic E-state index is 5.29. The number of rotatable bonds is 5. The predicted octanol–water partition coefficient (Wildman–Crippen LogP) is 3.78. The largest absolute Gasteiger partial charge is 0.480 e. The Bertz CT molecular complexity index is 660. The third-order valence-electron chi connectivity index (χ3n) is 4.36. The summed E-state index contributed by atoms with van der Waals surface area (Å²) in [4.78, 5) is 12.4. The van der Waals surface area contributed by atoms with Crippen molar-refractivity contribution in [2.75, 3.05) is 20.2 Å². The topological polar surface area (TPSA) is 38.3 Å². The van der Waals surface area contributed by atoms with Gasteiger partial charge in [0.2, 0.25) is 5.88 Å². The van der Waals surface area contributed by atoms with E-state index in [1.165, 1.54) is 23.3 Å². The molecule has 0 bridgehead atoms. The minimum atomic E-state index is 0.641. The van der Waals surface area contributed by atoms with E-state index in [9.17, 15) is 0 Å². The molecule has 0 atom stereocenters. The molecule has 122 valence electrons. The van der Waals surface area contributed by atoms with Crippen molar-refractivity contribution in [2.45, 2.75) is 26.3 Å². The van der Waals surface area contributed by atoms with E-state index in [0.717, 1.165) is 25.3 Å². The summed E-state index contributed by atoms with van der Waals surface area (Å²) in [6, 6.07) is 2.18. The van der Waals surface area contributed by atoms with Gasteiger partial charge in [0.25, 0.3) is 0 Å². The van der Waals surface area contributed by atoms with Gasteiger partial charge in [-0.3, -0.25) is 9.88 Å². The van der Waals surface area contributed by atoms with Crippen molar-refractivity contribution in [3.8, 4) is 5.88 Å². The average Bonchev–Trinajstić information content (AvgIpc) is 3.00. The molecule has 1 aliphatic rings. The summed E-state index contributed by atoms with van der Waals surface area (Å²) in [5.41, 5.74) is 2.30. The number of hydrogen-bond donors (Lipinski definition) is 0. The van der Waals surface area contributed by atoms with Crippen LogP contribution in [0, 0.1) is 12.8 Å². The van der Waals surface area contributed by atoms with Crippen molar-refractivity contribution in [1.82, 2.24) is 14.9 Å². The number of ether oxygens (including phenoxy) is 1. The minimum Gasteiger partial charge on any atom is -0.480 e. The Kier molecular flexibility index (Phi) is 5.41. The summed E-state index contributed by atoms with van der Waals surface area (Å²) in [6.07, 6.45) is 10.5. The molecule has 0 radical (unpaired) electrons. The highest BCUT2D eigenvalue weighted by molar-refractivity contribution is 7.11. The minimum absolute atomic E-state index is 0.641. The van der Waals surface area contributed by atoms with Gasteiger partial charge in [-0.05, 0) is 61.9 Å². The van der Waals surface area contributed by atoms with E-state index in [1.54, 1.807) is 19.5 Å². The van der Waals surface area contributed by atoms with E-state index >= 15 is 0 Å². The van der Waals surface area contributed by atoms with Crippen molar-refractivity contribution in [1.29, 1.82) is 0 Å². The first kappa shape index (κ1) is 16.1. The van der Waals surface area contributed by atoms with Crippen LogP contribution in [0.2, 0.25) is 0 Å². The van der Waals surface area contributed by atoms with Gasteiger partial charge in [0.05, 0.1) is 7.11 Å². The fraction of sp³-hybridized carbons (Fsp3) is 0.444. The van der Waals surface area contributed by atoms with E-state index in [0.29, 0.717) is 11.8 Å². The second kappa shape index (κ2) is 7.70. The van der Waals surface area contributed by atoms with Crippen LogP contribution in [-0.2, 0) is 6.54 Å². The summed E-state index contributed by atoms with van der Waals surface area (Å²) in [5.74, 6) is 1.32. The van der Waals surface area contributed by atoms with Crippen LogP contribution in [0.5, 0.6) is 5.88 Å². The maximum Gasteiger partial charge on any atom is 0.236 e. The summed E-state index contributed by atoms with van der Waals surface area (Å²) in [7, 11) is 1.65. The summed E-state index contributed by atoms with van der Waals surface area (Å²) in [5, 5.41) is 2.16. The molecular formula is C18H23N3OS. The lowest BCUT2D eigenvalue weighted by molar-refractivity contribution is 0.191. The highest BCUT2D eigenvalue weighted by atomic mass is 32.1. The molecule has 1 fully saturated rings. The van der Waals surface area contributed by atoms with Gasteiger partial charge in [0.15, 0.2) is 0 Å². The number of piperidine rings is 1. The number of aryl methyl sites for hydroxylation is 1. The highest BCUT2D eigenvalue weighted by Crippen LogP contribution is 2.24. The second-order valence-electron chi connectivity index (χ2n) is 5.95. The third kappa shape index (κ3) is 4.18. The van der Waals surface area contributed by atoms with Crippen molar-refractivity contribution in [3.05, 3.63) is 46.1 Å². The number of aromatic nitrogens is 2. The molecule has 0 saturated carbocycles. The first-order valence-electron chi connectivity index (χ1n) is 8.05. The Morgan fingerprint density at radius 3 is 2.78 bits per heavy atom. The fourth-order valence-electron chi connectivity index (χ4n) is 2.93. The van der Waals surface area contributed by atoms with Crippen molar-refractivity contribution < 1.29 is 4.74 Å². The predicted molar refractivity (Wildman–Crippen MR) is 94.7 cm³/mol. The molecule has 0 aromatic carbocycles. The van der Waals surface area contributed by atoms with Gasteiger partial charge in [-0.25, -0.2) is 4.98 Å². The van der Waals surface area contributed by atoms with Crippen LogP contribution in [0.1, 0.15) is 29.0 Å². The zero-order valence-corrected chi connectivity index (χ0v) is 14.6. The maximum atomic E-state index is 5.29. The van der Waals surface area contributed by atoms with Gasteiger partial charge in [0, 0.05) is 23.8 Å². The summed E-state index contributed by atoms with van der Waals surface area (Å²) in [6.45, 7) is 5.18. The van der Waals surface area contributed by atoms with Crippen molar-refractivity contribution in [3.63, 3.8) is 0 Å². The van der Waals surface area contributed by atoms with Crippen LogP contribution < -0.4 is 4.74 Å². The quantitative estimate of drug-likeness (QED) is 0.837. The van der Waals surface area contributed by atoms with Gasteiger partial charge in [-0.15, -0.1) is 11.3 Å². The first-order chi connectivity index (χ1) is 11.3. The average molecular weight is 329 g/mol. The molecule has 3 rings (SSSR count). The molecule has 0 aliphatic carbocycles. The van der Waals surface area contributed by atoms with Crippen molar-refractivity contribution >= 4 is 17.4 Å². The molecule has 2 aromatic rings.